The smallest absolute Gasteiger partial charge is 0.265 e. The average molecular weight is 413 g/mol. The summed E-state index contributed by atoms with van der Waals surface area (Å²) in [6, 6.07) is 20.5. The van der Waals surface area contributed by atoms with Crippen molar-refractivity contribution in [2.45, 2.75) is 0 Å². The second kappa shape index (κ2) is 7.76. The Hall–Kier alpha value is -4.04. The predicted molar refractivity (Wildman–Crippen MR) is 115 cm³/mol. The SMILES string of the molecule is O=C(Nc1ccc(Oc2cc(-n3cccn3)ncn2)cc1)c1cc2ccccc2s1. The summed E-state index contributed by atoms with van der Waals surface area (Å²) in [5.41, 5.74) is 0.685. The molecule has 0 saturated heterocycles. The lowest BCUT2D eigenvalue weighted by atomic mass is 10.2. The van der Waals surface area contributed by atoms with Gasteiger partial charge >= 0.3 is 0 Å². The zero-order valence-corrected chi connectivity index (χ0v) is 16.4. The standard InChI is InChI=1S/C22H15N5O2S/c28-22(19-12-15-4-1-2-5-18(15)30-19)26-16-6-8-17(9-7-16)29-21-13-20(23-14-24-21)27-11-3-10-25-27/h1-14H,(H,26,28). The van der Waals surface area contributed by atoms with Crippen LogP contribution < -0.4 is 10.1 Å². The number of nitrogens with zero attached hydrogens (tertiary/aromatic N) is 4. The van der Waals surface area contributed by atoms with Crippen LogP contribution in [0.15, 0.2) is 85.5 Å². The van der Waals surface area contributed by atoms with Crippen LogP contribution in [0.1, 0.15) is 9.67 Å². The first kappa shape index (κ1) is 18.0. The van der Waals surface area contributed by atoms with Crippen molar-refractivity contribution in [1.82, 2.24) is 19.7 Å². The maximum absolute atomic E-state index is 12.6. The summed E-state index contributed by atoms with van der Waals surface area (Å²) in [6.45, 7) is 0. The number of thiophene rings is 1. The number of carbonyl (C=O) groups excluding carboxylic acids is 1. The molecule has 5 aromatic rings. The lowest BCUT2D eigenvalue weighted by Crippen LogP contribution is -2.09. The molecule has 0 aliphatic carbocycles. The second-order valence-corrected chi connectivity index (χ2v) is 7.48. The number of hydrogen-bond donors (Lipinski definition) is 1. The van der Waals surface area contributed by atoms with Gasteiger partial charge in [0.1, 0.15) is 12.1 Å². The Labute approximate surface area is 175 Å². The van der Waals surface area contributed by atoms with E-state index in [-0.39, 0.29) is 5.91 Å². The third-order valence-corrected chi connectivity index (χ3v) is 5.47. The van der Waals surface area contributed by atoms with Gasteiger partial charge in [-0.05, 0) is 47.9 Å². The Morgan fingerprint density at radius 2 is 1.87 bits per heavy atom. The molecule has 8 heteroatoms. The number of benzene rings is 2. The van der Waals surface area contributed by atoms with Crippen molar-refractivity contribution in [3.63, 3.8) is 0 Å². The molecular formula is C22H15N5O2S. The normalized spacial score (nSPS) is 10.8. The van der Waals surface area contributed by atoms with Gasteiger partial charge in [0.2, 0.25) is 5.88 Å². The van der Waals surface area contributed by atoms with Crippen molar-refractivity contribution in [3.05, 3.63) is 90.3 Å². The van der Waals surface area contributed by atoms with Gasteiger partial charge in [-0.25, -0.2) is 14.6 Å². The molecule has 0 saturated carbocycles. The van der Waals surface area contributed by atoms with E-state index in [0.717, 1.165) is 10.1 Å². The average Bonchev–Trinajstić information content (AvgIpc) is 3.45. The molecular weight excluding hydrogens is 398 g/mol. The summed E-state index contributed by atoms with van der Waals surface area (Å²) in [5, 5.41) is 8.13. The molecule has 2 aromatic carbocycles. The van der Waals surface area contributed by atoms with E-state index >= 15 is 0 Å². The van der Waals surface area contributed by atoms with Crippen LogP contribution in [0.5, 0.6) is 11.6 Å². The Morgan fingerprint density at radius 1 is 1.00 bits per heavy atom. The highest BCUT2D eigenvalue weighted by atomic mass is 32.1. The van der Waals surface area contributed by atoms with Gasteiger partial charge in [-0.2, -0.15) is 5.10 Å². The second-order valence-electron chi connectivity index (χ2n) is 6.39. The number of ether oxygens (including phenoxy) is 1. The van der Waals surface area contributed by atoms with E-state index < -0.39 is 0 Å². The number of hydrogen-bond acceptors (Lipinski definition) is 6. The number of aromatic nitrogens is 4. The zero-order chi connectivity index (χ0) is 20.3. The molecule has 7 nitrogen and oxygen atoms in total. The van der Waals surface area contributed by atoms with Gasteiger partial charge in [0.05, 0.1) is 4.88 Å². The maximum Gasteiger partial charge on any atom is 0.265 e. The van der Waals surface area contributed by atoms with Crippen LogP contribution in [0.2, 0.25) is 0 Å². The number of rotatable bonds is 5. The highest BCUT2D eigenvalue weighted by Gasteiger charge is 2.11. The Bertz CT molecular complexity index is 1280. The molecule has 0 bridgehead atoms. The summed E-state index contributed by atoms with van der Waals surface area (Å²) >= 11 is 1.47. The van der Waals surface area contributed by atoms with E-state index in [4.69, 9.17) is 4.74 Å². The number of nitrogens with one attached hydrogen (secondary N) is 1. The molecule has 3 heterocycles. The number of amides is 1. The first-order chi connectivity index (χ1) is 14.7. The number of carbonyl (C=O) groups is 1. The summed E-state index contributed by atoms with van der Waals surface area (Å²) in [7, 11) is 0. The van der Waals surface area contributed by atoms with E-state index in [9.17, 15) is 4.79 Å². The molecule has 0 aliphatic rings. The van der Waals surface area contributed by atoms with E-state index in [1.165, 1.54) is 17.7 Å². The highest BCUT2D eigenvalue weighted by molar-refractivity contribution is 7.20. The fraction of sp³-hybridized carbons (Fsp3) is 0. The molecule has 1 N–H and O–H groups in total. The van der Waals surface area contributed by atoms with Crippen molar-refractivity contribution in [1.29, 1.82) is 0 Å². The third kappa shape index (κ3) is 3.76. The third-order valence-electron chi connectivity index (χ3n) is 4.35. The first-order valence-electron chi connectivity index (χ1n) is 9.14. The van der Waals surface area contributed by atoms with E-state index in [2.05, 4.69) is 20.4 Å². The molecule has 0 unspecified atom stereocenters. The minimum absolute atomic E-state index is 0.135. The van der Waals surface area contributed by atoms with Gasteiger partial charge in [-0.15, -0.1) is 11.3 Å². The van der Waals surface area contributed by atoms with Crippen LogP contribution in [0, 0.1) is 0 Å². The summed E-state index contributed by atoms with van der Waals surface area (Å²) < 4.78 is 8.51. The molecule has 30 heavy (non-hydrogen) atoms. The largest absolute Gasteiger partial charge is 0.439 e. The molecule has 146 valence electrons. The highest BCUT2D eigenvalue weighted by Crippen LogP contribution is 2.27. The molecule has 3 aromatic heterocycles. The first-order valence-corrected chi connectivity index (χ1v) is 9.96. The quantitative estimate of drug-likeness (QED) is 0.442. The molecule has 0 fully saturated rings. The van der Waals surface area contributed by atoms with Gasteiger partial charge in [0.25, 0.3) is 5.91 Å². The van der Waals surface area contributed by atoms with Crippen LogP contribution in [0.25, 0.3) is 15.9 Å². The lowest BCUT2D eigenvalue weighted by molar-refractivity contribution is 0.103. The summed E-state index contributed by atoms with van der Waals surface area (Å²) in [5.74, 6) is 1.47. The van der Waals surface area contributed by atoms with E-state index in [0.29, 0.717) is 28.0 Å². The van der Waals surface area contributed by atoms with Gasteiger partial charge < -0.3 is 10.1 Å². The van der Waals surface area contributed by atoms with Crippen molar-refractivity contribution >= 4 is 33.0 Å². The van der Waals surface area contributed by atoms with Crippen LogP contribution in [-0.4, -0.2) is 25.7 Å². The monoisotopic (exact) mass is 413 g/mol. The van der Waals surface area contributed by atoms with Crippen LogP contribution in [-0.2, 0) is 0 Å². The van der Waals surface area contributed by atoms with Crippen molar-refractivity contribution in [2.75, 3.05) is 5.32 Å². The molecule has 0 aliphatic heterocycles. The topological polar surface area (TPSA) is 81.9 Å². The Kier molecular flexibility index (Phi) is 4.66. The lowest BCUT2D eigenvalue weighted by Gasteiger charge is -2.08. The van der Waals surface area contributed by atoms with Gasteiger partial charge in [-0.3, -0.25) is 4.79 Å². The van der Waals surface area contributed by atoms with Crippen molar-refractivity contribution in [2.24, 2.45) is 0 Å². The minimum atomic E-state index is -0.135. The van der Waals surface area contributed by atoms with Gasteiger partial charge in [0, 0.05) is 28.8 Å². The summed E-state index contributed by atoms with van der Waals surface area (Å²) in [4.78, 5) is 21.5. The van der Waals surface area contributed by atoms with Gasteiger partial charge in [-0.1, -0.05) is 18.2 Å². The van der Waals surface area contributed by atoms with E-state index in [1.807, 2.05) is 36.4 Å². The van der Waals surface area contributed by atoms with Crippen LogP contribution in [0.4, 0.5) is 5.69 Å². The van der Waals surface area contributed by atoms with E-state index in [1.54, 1.807) is 47.4 Å². The number of fused-ring (bicyclic) bond motifs is 1. The Balaban J connectivity index is 1.27. The summed E-state index contributed by atoms with van der Waals surface area (Å²) in [6.07, 6.45) is 4.89. The molecule has 0 atom stereocenters. The zero-order valence-electron chi connectivity index (χ0n) is 15.6. The minimum Gasteiger partial charge on any atom is -0.439 e. The fourth-order valence-corrected chi connectivity index (χ4v) is 3.89. The fourth-order valence-electron chi connectivity index (χ4n) is 2.93. The molecule has 0 spiro atoms. The molecule has 0 radical (unpaired) electrons. The molecule has 1 amide bonds. The van der Waals surface area contributed by atoms with Crippen LogP contribution >= 0.6 is 11.3 Å². The molecule has 5 rings (SSSR count). The van der Waals surface area contributed by atoms with Crippen molar-refractivity contribution in [3.8, 4) is 17.4 Å². The Morgan fingerprint density at radius 3 is 2.67 bits per heavy atom. The number of anilines is 1. The predicted octanol–water partition coefficient (Wildman–Crippen LogP) is 4.92. The van der Waals surface area contributed by atoms with Crippen LogP contribution in [0.3, 0.4) is 0 Å². The maximum atomic E-state index is 12.6. The van der Waals surface area contributed by atoms with Gasteiger partial charge in [0.15, 0.2) is 5.82 Å². The van der Waals surface area contributed by atoms with Crippen molar-refractivity contribution < 1.29 is 9.53 Å².